The number of ether oxygens (including phenoxy) is 2. The predicted molar refractivity (Wildman–Crippen MR) is 95.3 cm³/mol. The van der Waals surface area contributed by atoms with Crippen molar-refractivity contribution < 1.29 is 14.3 Å². The van der Waals surface area contributed by atoms with Gasteiger partial charge in [-0.2, -0.15) is 4.99 Å². The molecule has 1 amide bonds. The molecule has 126 valence electrons. The van der Waals surface area contributed by atoms with Crippen LogP contribution in [0.15, 0.2) is 28.1 Å². The lowest BCUT2D eigenvalue weighted by Crippen LogP contribution is -2.38. The molecule has 0 atom stereocenters. The van der Waals surface area contributed by atoms with E-state index in [1.807, 2.05) is 18.2 Å². The van der Waals surface area contributed by atoms with E-state index in [2.05, 4.69) is 29.8 Å². The lowest BCUT2D eigenvalue weighted by molar-refractivity contribution is -0.113. The highest BCUT2D eigenvalue weighted by Gasteiger charge is 2.30. The molecule has 5 nitrogen and oxygen atoms in total. The summed E-state index contributed by atoms with van der Waals surface area (Å²) in [4.78, 5) is 19.2. The van der Waals surface area contributed by atoms with Crippen LogP contribution in [0.3, 0.4) is 0 Å². The van der Waals surface area contributed by atoms with Gasteiger partial charge in [-0.1, -0.05) is 6.07 Å². The molecule has 1 aromatic rings. The van der Waals surface area contributed by atoms with Gasteiger partial charge in [0, 0.05) is 19.5 Å². The van der Waals surface area contributed by atoms with E-state index in [9.17, 15) is 4.79 Å². The molecular formula is C18H20N2O3S. The zero-order valence-corrected chi connectivity index (χ0v) is 14.7. The maximum atomic E-state index is 12.2. The van der Waals surface area contributed by atoms with Gasteiger partial charge in [-0.3, -0.25) is 4.79 Å². The van der Waals surface area contributed by atoms with Gasteiger partial charge >= 0.3 is 0 Å². The Labute approximate surface area is 145 Å². The summed E-state index contributed by atoms with van der Waals surface area (Å²) in [6, 6.07) is 6.09. The van der Waals surface area contributed by atoms with Gasteiger partial charge in [0.1, 0.15) is 11.4 Å². The fraction of sp³-hybridized carbons (Fsp3) is 0.444. The fourth-order valence-electron chi connectivity index (χ4n) is 3.16. The van der Waals surface area contributed by atoms with Crippen LogP contribution in [0.5, 0.6) is 5.75 Å². The largest absolute Gasteiger partial charge is 0.487 e. The van der Waals surface area contributed by atoms with Crippen molar-refractivity contribution in [1.82, 2.24) is 4.90 Å². The minimum Gasteiger partial charge on any atom is -0.487 e. The smallest absolute Gasteiger partial charge is 0.286 e. The van der Waals surface area contributed by atoms with Gasteiger partial charge in [-0.15, -0.1) is 0 Å². The van der Waals surface area contributed by atoms with Crippen LogP contribution >= 0.6 is 11.8 Å². The van der Waals surface area contributed by atoms with Crippen molar-refractivity contribution in [1.29, 1.82) is 0 Å². The summed E-state index contributed by atoms with van der Waals surface area (Å²) in [6.45, 7) is 7.13. The third-order valence-electron chi connectivity index (χ3n) is 4.28. The Kier molecular flexibility index (Phi) is 3.89. The Balaban J connectivity index is 1.52. The Morgan fingerprint density at radius 3 is 2.88 bits per heavy atom. The number of nitrogens with zero attached hydrogens (tertiary/aromatic N) is 2. The summed E-state index contributed by atoms with van der Waals surface area (Å²) >= 11 is 1.45. The number of carbonyl (C=O) groups is 1. The molecule has 0 N–H and O–H groups in total. The Bertz CT molecular complexity index is 749. The summed E-state index contributed by atoms with van der Waals surface area (Å²) in [5.74, 6) is 0.788. The molecule has 1 fully saturated rings. The molecule has 1 aromatic carbocycles. The first-order valence-corrected chi connectivity index (χ1v) is 8.99. The van der Waals surface area contributed by atoms with Crippen molar-refractivity contribution in [3.05, 3.63) is 34.2 Å². The lowest BCUT2D eigenvalue weighted by Gasteiger charge is -2.27. The number of amides is 1. The second kappa shape index (κ2) is 5.93. The number of thioether (sulfide) groups is 1. The van der Waals surface area contributed by atoms with Crippen molar-refractivity contribution in [3.8, 4) is 5.75 Å². The molecule has 3 aliphatic rings. The van der Waals surface area contributed by atoms with Crippen LogP contribution in [0, 0.1) is 0 Å². The fourth-order valence-corrected chi connectivity index (χ4v) is 4.12. The van der Waals surface area contributed by atoms with Gasteiger partial charge in [-0.05, 0) is 54.9 Å². The van der Waals surface area contributed by atoms with Crippen LogP contribution in [0.1, 0.15) is 25.0 Å². The van der Waals surface area contributed by atoms with Gasteiger partial charge in [0.05, 0.1) is 18.1 Å². The number of hydrogen-bond acceptors (Lipinski definition) is 5. The third kappa shape index (κ3) is 3.08. The number of carbonyl (C=O) groups excluding carboxylic acids is 1. The molecule has 3 heterocycles. The normalized spacial score (nSPS) is 24.1. The second-order valence-electron chi connectivity index (χ2n) is 6.82. The van der Waals surface area contributed by atoms with E-state index in [0.717, 1.165) is 36.0 Å². The van der Waals surface area contributed by atoms with Crippen molar-refractivity contribution in [2.75, 3.05) is 26.3 Å². The van der Waals surface area contributed by atoms with Crippen molar-refractivity contribution in [2.24, 2.45) is 4.99 Å². The van der Waals surface area contributed by atoms with Crippen LogP contribution in [-0.4, -0.2) is 47.9 Å². The van der Waals surface area contributed by atoms with E-state index in [0.29, 0.717) is 18.1 Å². The maximum absolute atomic E-state index is 12.2. The first kappa shape index (κ1) is 15.7. The average molecular weight is 344 g/mol. The highest BCUT2D eigenvalue weighted by Crippen LogP contribution is 2.36. The monoisotopic (exact) mass is 344 g/mol. The SMILES string of the molecule is CC1(C)Cc2cc(/C=C3\SC(N4CCOCC4)=NC3=O)ccc2O1. The molecule has 0 unspecified atom stereocenters. The first-order chi connectivity index (χ1) is 11.5. The van der Waals surface area contributed by atoms with Gasteiger partial charge < -0.3 is 14.4 Å². The Morgan fingerprint density at radius 2 is 2.08 bits per heavy atom. The summed E-state index contributed by atoms with van der Waals surface area (Å²) in [5.41, 5.74) is 2.06. The number of hydrogen-bond donors (Lipinski definition) is 0. The Morgan fingerprint density at radius 1 is 1.29 bits per heavy atom. The lowest BCUT2D eigenvalue weighted by atomic mass is 10.00. The number of amidine groups is 1. The van der Waals surface area contributed by atoms with Crippen molar-refractivity contribution in [2.45, 2.75) is 25.9 Å². The highest BCUT2D eigenvalue weighted by molar-refractivity contribution is 8.18. The predicted octanol–water partition coefficient (Wildman–Crippen LogP) is 2.70. The zero-order valence-electron chi connectivity index (χ0n) is 13.9. The van der Waals surface area contributed by atoms with Crippen LogP contribution in [0.2, 0.25) is 0 Å². The number of rotatable bonds is 1. The van der Waals surface area contributed by atoms with E-state index in [1.54, 1.807) is 0 Å². The van der Waals surface area contributed by atoms with Gasteiger partial charge in [-0.25, -0.2) is 0 Å². The summed E-state index contributed by atoms with van der Waals surface area (Å²) in [6.07, 6.45) is 2.81. The third-order valence-corrected chi connectivity index (χ3v) is 5.32. The molecule has 0 aromatic heterocycles. The quantitative estimate of drug-likeness (QED) is 0.733. The van der Waals surface area contributed by atoms with Crippen molar-refractivity contribution in [3.63, 3.8) is 0 Å². The van der Waals surface area contributed by atoms with Gasteiger partial charge in [0.25, 0.3) is 5.91 Å². The van der Waals surface area contributed by atoms with E-state index in [4.69, 9.17) is 9.47 Å². The molecule has 6 heteroatoms. The first-order valence-electron chi connectivity index (χ1n) is 8.17. The van der Waals surface area contributed by atoms with E-state index in [-0.39, 0.29) is 11.5 Å². The second-order valence-corrected chi connectivity index (χ2v) is 7.82. The van der Waals surface area contributed by atoms with Crippen LogP contribution < -0.4 is 4.74 Å². The topological polar surface area (TPSA) is 51.1 Å². The molecule has 1 saturated heterocycles. The average Bonchev–Trinajstić information content (AvgIpc) is 3.06. The molecular weight excluding hydrogens is 324 g/mol. The maximum Gasteiger partial charge on any atom is 0.286 e. The van der Waals surface area contributed by atoms with Crippen molar-refractivity contribution >= 4 is 28.9 Å². The highest BCUT2D eigenvalue weighted by atomic mass is 32.2. The summed E-state index contributed by atoms with van der Waals surface area (Å²) in [5, 5.41) is 0.792. The molecule has 0 saturated carbocycles. The number of aliphatic imine (C=N–C) groups is 1. The number of fused-ring (bicyclic) bond motifs is 1. The van der Waals surface area contributed by atoms with E-state index in [1.165, 1.54) is 17.3 Å². The zero-order chi connectivity index (χ0) is 16.7. The summed E-state index contributed by atoms with van der Waals surface area (Å²) < 4.78 is 11.3. The molecule has 0 radical (unpaired) electrons. The van der Waals surface area contributed by atoms with Crippen LogP contribution in [0.25, 0.3) is 6.08 Å². The summed E-state index contributed by atoms with van der Waals surface area (Å²) in [7, 11) is 0. The molecule has 0 bridgehead atoms. The van der Waals surface area contributed by atoms with Gasteiger partial charge in [0.15, 0.2) is 5.17 Å². The standard InChI is InChI=1S/C18H20N2O3S/c1-18(2)11-13-9-12(3-4-14(13)23-18)10-15-16(21)19-17(24-15)20-5-7-22-8-6-20/h3-4,9-10H,5-8,11H2,1-2H3/b15-10-. The minimum absolute atomic E-state index is 0.154. The molecule has 3 aliphatic heterocycles. The Hall–Kier alpha value is -1.79. The number of morpholine rings is 1. The molecule has 4 rings (SSSR count). The van der Waals surface area contributed by atoms with Crippen LogP contribution in [-0.2, 0) is 16.0 Å². The molecule has 0 spiro atoms. The molecule has 24 heavy (non-hydrogen) atoms. The van der Waals surface area contributed by atoms with Crippen LogP contribution in [0.4, 0.5) is 0 Å². The van der Waals surface area contributed by atoms with Gasteiger partial charge in [0.2, 0.25) is 0 Å². The van der Waals surface area contributed by atoms with E-state index < -0.39 is 0 Å². The molecule has 0 aliphatic carbocycles. The number of benzene rings is 1. The van der Waals surface area contributed by atoms with E-state index >= 15 is 0 Å². The minimum atomic E-state index is -0.154.